The number of nitrogens with zero attached hydrogens (tertiary/aromatic N) is 5. The molecular formula is C21H15Cl2F4N7O2. The number of carbonyl (C=O) groups is 1. The number of aromatic nitrogens is 5. The molecule has 1 amide bonds. The lowest BCUT2D eigenvalue weighted by Crippen LogP contribution is -2.17. The Bertz CT molecular complexity index is 1430. The molecule has 0 unspecified atom stereocenters. The molecule has 4 aromatic rings. The van der Waals surface area contributed by atoms with Gasteiger partial charge in [0, 0.05) is 25.6 Å². The van der Waals surface area contributed by atoms with Crippen molar-refractivity contribution in [1.29, 1.82) is 0 Å². The molecular weight excluding hydrogens is 529 g/mol. The van der Waals surface area contributed by atoms with Gasteiger partial charge in [0.2, 0.25) is 11.8 Å². The number of imidazole rings is 1. The summed E-state index contributed by atoms with van der Waals surface area (Å²) in [4.78, 5) is 29.2. The zero-order valence-corrected chi connectivity index (χ0v) is 19.7. The minimum atomic E-state index is -4.63. The molecule has 0 radical (unpaired) electrons. The Hall–Kier alpha value is -3.71. The molecule has 0 aliphatic heterocycles. The summed E-state index contributed by atoms with van der Waals surface area (Å²) in [6.07, 6.45) is -0.962. The number of halogens is 6. The number of ether oxygens (including phenoxy) is 1. The molecule has 0 aliphatic carbocycles. The van der Waals surface area contributed by atoms with Crippen molar-refractivity contribution >= 4 is 57.7 Å². The number of aryl methyl sites for hydroxylation is 1. The topological polar surface area (TPSA) is 107 Å². The average Bonchev–Trinajstić information content (AvgIpc) is 3.13. The molecule has 0 atom stereocenters. The highest BCUT2D eigenvalue weighted by Crippen LogP contribution is 2.33. The molecule has 0 saturated heterocycles. The van der Waals surface area contributed by atoms with E-state index in [2.05, 4.69) is 30.6 Å². The van der Waals surface area contributed by atoms with Crippen LogP contribution in [0.2, 0.25) is 10.0 Å². The third kappa shape index (κ3) is 5.26. The fourth-order valence-corrected chi connectivity index (χ4v) is 3.58. The van der Waals surface area contributed by atoms with Crippen molar-refractivity contribution in [2.45, 2.75) is 6.18 Å². The molecule has 0 fully saturated rings. The van der Waals surface area contributed by atoms with Crippen molar-refractivity contribution in [2.75, 3.05) is 23.9 Å². The van der Waals surface area contributed by atoms with Crippen LogP contribution in [0.3, 0.4) is 0 Å². The molecule has 0 aliphatic rings. The van der Waals surface area contributed by atoms with Crippen molar-refractivity contribution in [2.24, 2.45) is 7.05 Å². The molecule has 2 N–H and O–H groups in total. The zero-order chi connectivity index (χ0) is 26.0. The van der Waals surface area contributed by atoms with Gasteiger partial charge in [-0.25, -0.2) is 14.4 Å². The first-order valence-electron chi connectivity index (χ1n) is 10.1. The van der Waals surface area contributed by atoms with Crippen LogP contribution in [-0.4, -0.2) is 43.7 Å². The number of rotatable bonds is 7. The van der Waals surface area contributed by atoms with Crippen molar-refractivity contribution < 1.29 is 27.1 Å². The number of carbonyl (C=O) groups excluding carboxylic acids is 1. The van der Waals surface area contributed by atoms with E-state index in [1.807, 2.05) is 0 Å². The van der Waals surface area contributed by atoms with E-state index in [4.69, 9.17) is 27.9 Å². The maximum absolute atomic E-state index is 13.0. The third-order valence-electron chi connectivity index (χ3n) is 4.79. The van der Waals surface area contributed by atoms with E-state index in [1.54, 1.807) is 7.05 Å². The molecule has 36 heavy (non-hydrogen) atoms. The number of anilines is 3. The van der Waals surface area contributed by atoms with E-state index >= 15 is 0 Å². The van der Waals surface area contributed by atoms with Crippen LogP contribution in [0.15, 0.2) is 36.8 Å². The van der Waals surface area contributed by atoms with Gasteiger partial charge in [-0.15, -0.1) is 0 Å². The molecule has 0 spiro atoms. The molecule has 0 saturated carbocycles. The first kappa shape index (κ1) is 25.4. The third-order valence-corrected chi connectivity index (χ3v) is 5.36. The van der Waals surface area contributed by atoms with Crippen molar-refractivity contribution in [1.82, 2.24) is 24.5 Å². The monoisotopic (exact) mass is 543 g/mol. The first-order chi connectivity index (χ1) is 17.1. The van der Waals surface area contributed by atoms with Crippen LogP contribution in [-0.2, 0) is 13.2 Å². The van der Waals surface area contributed by atoms with Gasteiger partial charge in [0.25, 0.3) is 5.91 Å². The van der Waals surface area contributed by atoms with E-state index in [9.17, 15) is 22.4 Å². The smallest absolute Gasteiger partial charge is 0.416 e. The van der Waals surface area contributed by atoms with Gasteiger partial charge in [-0.05, 0) is 18.2 Å². The summed E-state index contributed by atoms with van der Waals surface area (Å²) < 4.78 is 58.6. The number of fused-ring (bicyclic) bond motifs is 1. The molecule has 15 heteroatoms. The standard InChI is InChI=1S/C21H15Cl2F4N7O2/c1-34-17-14(30-20(34)32-16-12(22)8-28-9-13(16)23)7-11(19(33-17)36-5-3-24)18(35)31-15-6-10(2-4-29-15)21(25,26)27/h2,4,6-9H,3,5H2,1H3,(H,28,30,32)(H,29,31,35). The summed E-state index contributed by atoms with van der Waals surface area (Å²) in [5.41, 5.74) is -0.393. The predicted molar refractivity (Wildman–Crippen MR) is 125 cm³/mol. The van der Waals surface area contributed by atoms with Gasteiger partial charge >= 0.3 is 6.18 Å². The normalized spacial score (nSPS) is 11.5. The highest BCUT2D eigenvalue weighted by molar-refractivity contribution is 6.39. The molecule has 4 heterocycles. The predicted octanol–water partition coefficient (Wildman–Crippen LogP) is 5.43. The largest absolute Gasteiger partial charge is 0.474 e. The summed E-state index contributed by atoms with van der Waals surface area (Å²) in [7, 11) is 1.61. The lowest BCUT2D eigenvalue weighted by molar-refractivity contribution is -0.137. The second kappa shape index (κ2) is 10.1. The highest BCUT2D eigenvalue weighted by Gasteiger charge is 2.31. The molecule has 9 nitrogen and oxygen atoms in total. The highest BCUT2D eigenvalue weighted by atomic mass is 35.5. The van der Waals surface area contributed by atoms with Crippen LogP contribution < -0.4 is 15.4 Å². The zero-order valence-electron chi connectivity index (χ0n) is 18.2. The summed E-state index contributed by atoms with van der Waals surface area (Å²) in [6.45, 7) is -1.28. The van der Waals surface area contributed by atoms with Crippen molar-refractivity contribution in [3.05, 3.63) is 58.0 Å². The van der Waals surface area contributed by atoms with Gasteiger partial charge in [-0.2, -0.15) is 18.2 Å². The summed E-state index contributed by atoms with van der Waals surface area (Å²) in [5.74, 6) is -1.25. The Morgan fingerprint density at radius 1 is 1.17 bits per heavy atom. The number of nitrogens with one attached hydrogen (secondary N) is 2. The molecule has 4 rings (SSSR count). The van der Waals surface area contributed by atoms with Crippen LogP contribution >= 0.6 is 23.2 Å². The Morgan fingerprint density at radius 2 is 1.89 bits per heavy atom. The molecule has 188 valence electrons. The fraction of sp³-hybridized carbons (Fsp3) is 0.190. The quantitative estimate of drug-likeness (QED) is 0.299. The Labute approximate surface area is 210 Å². The van der Waals surface area contributed by atoms with Crippen LogP contribution in [0.4, 0.5) is 35.0 Å². The Balaban J connectivity index is 1.72. The van der Waals surface area contributed by atoms with Crippen molar-refractivity contribution in [3.8, 4) is 5.88 Å². The number of hydrogen-bond acceptors (Lipinski definition) is 7. The lowest BCUT2D eigenvalue weighted by Gasteiger charge is -2.12. The number of pyridine rings is 3. The first-order valence-corrected chi connectivity index (χ1v) is 10.8. The minimum absolute atomic E-state index is 0.195. The van der Waals surface area contributed by atoms with Gasteiger partial charge < -0.3 is 15.4 Å². The molecule has 0 aromatic carbocycles. The lowest BCUT2D eigenvalue weighted by atomic mass is 10.2. The summed E-state index contributed by atoms with van der Waals surface area (Å²) in [5, 5.41) is 5.68. The Kier molecular flexibility index (Phi) is 7.13. The maximum Gasteiger partial charge on any atom is 0.416 e. The van der Waals surface area contributed by atoms with Gasteiger partial charge in [0.05, 0.1) is 21.3 Å². The van der Waals surface area contributed by atoms with Gasteiger partial charge in [0.15, 0.2) is 5.65 Å². The summed E-state index contributed by atoms with van der Waals surface area (Å²) >= 11 is 12.3. The van der Waals surface area contributed by atoms with E-state index in [-0.39, 0.29) is 44.4 Å². The van der Waals surface area contributed by atoms with Crippen LogP contribution in [0, 0.1) is 0 Å². The van der Waals surface area contributed by atoms with Gasteiger partial charge in [-0.1, -0.05) is 23.2 Å². The average molecular weight is 544 g/mol. The van der Waals surface area contributed by atoms with Crippen molar-refractivity contribution in [3.63, 3.8) is 0 Å². The van der Waals surface area contributed by atoms with E-state index < -0.39 is 30.9 Å². The fourth-order valence-electron chi connectivity index (χ4n) is 3.12. The van der Waals surface area contributed by atoms with Gasteiger partial charge in [0.1, 0.15) is 30.2 Å². The van der Waals surface area contributed by atoms with Crippen LogP contribution in [0.1, 0.15) is 15.9 Å². The van der Waals surface area contributed by atoms with Crippen LogP contribution in [0.25, 0.3) is 11.2 Å². The summed E-state index contributed by atoms with van der Waals surface area (Å²) in [6, 6.07) is 2.75. The van der Waals surface area contributed by atoms with Gasteiger partial charge in [-0.3, -0.25) is 14.3 Å². The number of hydrogen-bond donors (Lipinski definition) is 2. The Morgan fingerprint density at radius 3 is 2.56 bits per heavy atom. The second-order valence-corrected chi connectivity index (χ2v) is 8.01. The number of alkyl halides is 4. The minimum Gasteiger partial charge on any atom is -0.474 e. The van der Waals surface area contributed by atoms with E-state index in [0.717, 1.165) is 12.3 Å². The SMILES string of the molecule is Cn1c(Nc2c(Cl)cncc2Cl)nc2cc(C(=O)Nc3cc(C(F)(F)F)ccn3)c(OCCF)nc21. The second-order valence-electron chi connectivity index (χ2n) is 7.20. The molecule has 4 aromatic heterocycles. The van der Waals surface area contributed by atoms with E-state index in [0.29, 0.717) is 11.8 Å². The van der Waals surface area contributed by atoms with E-state index in [1.165, 1.54) is 23.0 Å². The number of amides is 1. The van der Waals surface area contributed by atoms with Crippen LogP contribution in [0.5, 0.6) is 5.88 Å². The molecule has 0 bridgehead atoms. The maximum atomic E-state index is 13.0.